The average Bonchev–Trinajstić information content (AvgIpc) is 3.08. The normalized spacial score (nSPS) is 13.1. The van der Waals surface area contributed by atoms with E-state index in [1.807, 2.05) is 73.6 Å². The molecule has 0 radical (unpaired) electrons. The fourth-order valence-electron chi connectivity index (χ4n) is 4.15. The van der Waals surface area contributed by atoms with Gasteiger partial charge in [0.05, 0.1) is 11.0 Å². The number of hydrogen-bond donors (Lipinski definition) is 2. The largest absolute Gasteiger partial charge is 0.416 e. The second-order valence-corrected chi connectivity index (χ2v) is 12.1. The van der Waals surface area contributed by atoms with E-state index in [9.17, 15) is 22.8 Å². The van der Waals surface area contributed by atoms with E-state index in [2.05, 4.69) is 10.6 Å². The van der Waals surface area contributed by atoms with Crippen molar-refractivity contribution in [1.29, 1.82) is 0 Å². The lowest BCUT2D eigenvalue weighted by molar-refractivity contribution is -0.137. The van der Waals surface area contributed by atoms with Crippen molar-refractivity contribution in [2.45, 2.75) is 84.6 Å². The Kier molecular flexibility index (Phi) is 7.29. The number of alkyl halides is 3. The number of carbonyl (C=O) groups excluding carboxylic acids is 2. The number of carbonyl (C=O) groups is 2. The highest BCUT2D eigenvalue weighted by atomic mass is 19.4. The van der Waals surface area contributed by atoms with Gasteiger partial charge in [0, 0.05) is 27.7 Å². The van der Waals surface area contributed by atoms with Crippen LogP contribution < -0.4 is 10.6 Å². The first-order chi connectivity index (χ1) is 16.8. The molecule has 0 spiro atoms. The number of fused-ring (bicyclic) bond motifs is 1. The summed E-state index contributed by atoms with van der Waals surface area (Å²) in [6, 6.07) is 12.4. The van der Waals surface area contributed by atoms with E-state index in [0.717, 1.165) is 23.1 Å². The molecule has 0 saturated heterocycles. The zero-order valence-electron chi connectivity index (χ0n) is 22.7. The van der Waals surface area contributed by atoms with E-state index in [-0.39, 0.29) is 18.4 Å². The quantitative estimate of drug-likeness (QED) is 0.411. The molecule has 2 aromatic carbocycles. The number of aromatic nitrogens is 1. The Morgan fingerprint density at radius 2 is 1.41 bits per heavy atom. The maximum Gasteiger partial charge on any atom is 0.416 e. The summed E-state index contributed by atoms with van der Waals surface area (Å²) in [5, 5.41) is 6.66. The van der Waals surface area contributed by atoms with Gasteiger partial charge in [0.2, 0.25) is 11.8 Å². The van der Waals surface area contributed by atoms with Gasteiger partial charge in [-0.05, 0) is 96.8 Å². The number of rotatable bonds is 5. The Morgan fingerprint density at radius 1 is 0.784 bits per heavy atom. The molecule has 0 bridgehead atoms. The molecule has 0 fully saturated rings. The summed E-state index contributed by atoms with van der Waals surface area (Å²) in [7, 11) is 0. The van der Waals surface area contributed by atoms with Crippen LogP contribution in [0, 0.1) is 0 Å². The standard InChI is InChI=1S/C29H36F3N3O2/c1-26(2,3)33-24(36)17-35-22-13-12-20(28(7,8)25(37)34-27(4,5)6)15-19(22)16-23(35)18-10-9-11-21(14-18)29(30,31)32/h9-16H,17H2,1-8H3,(H,33,36)(H,34,37). The summed E-state index contributed by atoms with van der Waals surface area (Å²) in [5.74, 6) is -0.395. The van der Waals surface area contributed by atoms with Gasteiger partial charge < -0.3 is 15.2 Å². The van der Waals surface area contributed by atoms with E-state index in [1.54, 1.807) is 16.7 Å². The third-order valence-electron chi connectivity index (χ3n) is 5.98. The fraction of sp³-hybridized carbons (Fsp3) is 0.448. The predicted octanol–water partition coefficient (Wildman–Crippen LogP) is 6.43. The van der Waals surface area contributed by atoms with Crippen LogP contribution in [0.5, 0.6) is 0 Å². The van der Waals surface area contributed by atoms with Crippen LogP contribution in [0.4, 0.5) is 13.2 Å². The number of halogens is 3. The Hall–Kier alpha value is -3.29. The Morgan fingerprint density at radius 3 is 1.97 bits per heavy atom. The number of nitrogens with zero attached hydrogens (tertiary/aromatic N) is 1. The first-order valence-electron chi connectivity index (χ1n) is 12.2. The Bertz CT molecular complexity index is 1320. The van der Waals surface area contributed by atoms with Gasteiger partial charge in [0.1, 0.15) is 6.54 Å². The third-order valence-corrected chi connectivity index (χ3v) is 5.98. The lowest BCUT2D eigenvalue weighted by Gasteiger charge is -2.30. The highest BCUT2D eigenvalue weighted by molar-refractivity contribution is 5.93. The summed E-state index contributed by atoms with van der Waals surface area (Å²) < 4.78 is 42.1. The molecule has 37 heavy (non-hydrogen) atoms. The molecule has 0 aliphatic carbocycles. The summed E-state index contributed by atoms with van der Waals surface area (Å²) in [4.78, 5) is 25.9. The van der Waals surface area contributed by atoms with Gasteiger partial charge in [-0.2, -0.15) is 13.2 Å². The second kappa shape index (κ2) is 9.54. The molecule has 200 valence electrons. The molecule has 1 heterocycles. The number of nitrogens with one attached hydrogen (secondary N) is 2. The maximum absolute atomic E-state index is 13.5. The lowest BCUT2D eigenvalue weighted by Crippen LogP contribution is -2.48. The van der Waals surface area contributed by atoms with Crippen LogP contribution >= 0.6 is 0 Å². The van der Waals surface area contributed by atoms with Crippen molar-refractivity contribution in [1.82, 2.24) is 15.2 Å². The van der Waals surface area contributed by atoms with Crippen molar-refractivity contribution in [3.05, 3.63) is 59.7 Å². The maximum atomic E-state index is 13.5. The molecule has 2 amide bonds. The van der Waals surface area contributed by atoms with Gasteiger partial charge in [0.15, 0.2) is 0 Å². The molecule has 0 unspecified atom stereocenters. The zero-order chi connectivity index (χ0) is 28.0. The minimum atomic E-state index is -4.49. The van der Waals surface area contributed by atoms with Gasteiger partial charge in [-0.3, -0.25) is 9.59 Å². The van der Waals surface area contributed by atoms with E-state index in [4.69, 9.17) is 0 Å². The summed E-state index contributed by atoms with van der Waals surface area (Å²) in [6.45, 7) is 14.9. The fourth-order valence-corrected chi connectivity index (χ4v) is 4.15. The van der Waals surface area contributed by atoms with Crippen molar-refractivity contribution in [2.75, 3.05) is 0 Å². The zero-order valence-corrected chi connectivity index (χ0v) is 22.7. The van der Waals surface area contributed by atoms with Crippen molar-refractivity contribution >= 4 is 22.7 Å². The first-order valence-corrected chi connectivity index (χ1v) is 12.2. The van der Waals surface area contributed by atoms with Crippen molar-refractivity contribution in [3.63, 3.8) is 0 Å². The molecule has 1 aromatic heterocycles. The van der Waals surface area contributed by atoms with Gasteiger partial charge in [-0.15, -0.1) is 0 Å². The van der Waals surface area contributed by atoms with Gasteiger partial charge in [-0.1, -0.05) is 18.2 Å². The predicted molar refractivity (Wildman–Crippen MR) is 141 cm³/mol. The molecule has 5 nitrogen and oxygen atoms in total. The highest BCUT2D eigenvalue weighted by Crippen LogP contribution is 2.36. The van der Waals surface area contributed by atoms with E-state index < -0.39 is 28.2 Å². The van der Waals surface area contributed by atoms with Crippen LogP contribution in [-0.4, -0.2) is 27.5 Å². The van der Waals surface area contributed by atoms with E-state index in [1.165, 1.54) is 6.07 Å². The molecular formula is C29H36F3N3O2. The summed E-state index contributed by atoms with van der Waals surface area (Å²) >= 11 is 0. The first kappa shape index (κ1) is 28.3. The smallest absolute Gasteiger partial charge is 0.351 e. The number of benzene rings is 2. The van der Waals surface area contributed by atoms with Crippen LogP contribution in [0.2, 0.25) is 0 Å². The van der Waals surface area contributed by atoms with Crippen LogP contribution in [0.3, 0.4) is 0 Å². The van der Waals surface area contributed by atoms with Crippen LogP contribution in [0.25, 0.3) is 22.2 Å². The van der Waals surface area contributed by atoms with Crippen LogP contribution in [-0.2, 0) is 27.7 Å². The SMILES string of the molecule is CC(C)(C)NC(=O)Cn1c(-c2cccc(C(F)(F)F)c2)cc2cc(C(C)(C)C(=O)NC(C)(C)C)ccc21. The Balaban J connectivity index is 2.16. The average molecular weight is 516 g/mol. The van der Waals surface area contributed by atoms with Crippen LogP contribution in [0.1, 0.15) is 66.5 Å². The molecular weight excluding hydrogens is 479 g/mol. The van der Waals surface area contributed by atoms with Gasteiger partial charge in [0.25, 0.3) is 0 Å². The molecule has 0 saturated carbocycles. The monoisotopic (exact) mass is 515 g/mol. The van der Waals surface area contributed by atoms with Crippen molar-refractivity contribution in [3.8, 4) is 11.3 Å². The Labute approximate surface area is 216 Å². The third kappa shape index (κ3) is 6.73. The number of hydrogen-bond acceptors (Lipinski definition) is 2. The molecule has 0 aliphatic heterocycles. The van der Waals surface area contributed by atoms with Gasteiger partial charge >= 0.3 is 6.18 Å². The molecule has 3 rings (SSSR count). The summed E-state index contributed by atoms with van der Waals surface area (Å²) in [6.07, 6.45) is -4.49. The van der Waals surface area contributed by atoms with Gasteiger partial charge in [-0.25, -0.2) is 0 Å². The summed E-state index contributed by atoms with van der Waals surface area (Å²) in [5.41, 5.74) is -0.209. The molecule has 2 N–H and O–H groups in total. The van der Waals surface area contributed by atoms with E-state index in [0.29, 0.717) is 16.8 Å². The molecule has 0 aliphatic rings. The van der Waals surface area contributed by atoms with Crippen molar-refractivity contribution in [2.24, 2.45) is 0 Å². The van der Waals surface area contributed by atoms with Crippen LogP contribution in [0.15, 0.2) is 48.5 Å². The minimum Gasteiger partial charge on any atom is -0.351 e. The molecule has 8 heteroatoms. The second-order valence-electron chi connectivity index (χ2n) is 12.1. The molecule has 0 atom stereocenters. The highest BCUT2D eigenvalue weighted by Gasteiger charge is 2.33. The minimum absolute atomic E-state index is 0.0698. The number of amides is 2. The molecule has 3 aromatic rings. The van der Waals surface area contributed by atoms with E-state index >= 15 is 0 Å². The topological polar surface area (TPSA) is 63.1 Å². The lowest BCUT2D eigenvalue weighted by atomic mass is 9.82. The van der Waals surface area contributed by atoms with Crippen molar-refractivity contribution < 1.29 is 22.8 Å².